The highest BCUT2D eigenvalue weighted by atomic mass is 16.5. The van der Waals surface area contributed by atoms with E-state index in [4.69, 9.17) is 10.6 Å². The SMILES string of the molecule is CCCN(CC1CC1)c1ncnc(NN)c1OC. The van der Waals surface area contributed by atoms with Gasteiger partial charge in [-0.05, 0) is 25.2 Å². The van der Waals surface area contributed by atoms with Crippen LogP contribution in [0, 0.1) is 5.92 Å². The minimum absolute atomic E-state index is 0.527. The molecule has 0 spiro atoms. The van der Waals surface area contributed by atoms with E-state index in [9.17, 15) is 0 Å². The van der Waals surface area contributed by atoms with Crippen LogP contribution in [0.1, 0.15) is 26.2 Å². The third-order valence-electron chi connectivity index (χ3n) is 3.09. The lowest BCUT2D eigenvalue weighted by molar-refractivity contribution is 0.411. The second-order valence-electron chi connectivity index (χ2n) is 4.61. The molecule has 3 N–H and O–H groups in total. The first-order valence-corrected chi connectivity index (χ1v) is 6.40. The Morgan fingerprint density at radius 1 is 1.50 bits per heavy atom. The number of nitrogens with one attached hydrogen (secondary N) is 1. The fourth-order valence-corrected chi connectivity index (χ4v) is 2.05. The maximum Gasteiger partial charge on any atom is 0.205 e. The predicted molar refractivity (Wildman–Crippen MR) is 71.6 cm³/mol. The molecule has 1 aromatic heterocycles. The molecule has 0 bridgehead atoms. The Hall–Kier alpha value is -1.56. The summed E-state index contributed by atoms with van der Waals surface area (Å²) in [6.07, 6.45) is 5.22. The van der Waals surface area contributed by atoms with Crippen molar-refractivity contribution >= 4 is 11.6 Å². The van der Waals surface area contributed by atoms with Crippen LogP contribution in [0.25, 0.3) is 0 Å². The summed E-state index contributed by atoms with van der Waals surface area (Å²) in [4.78, 5) is 10.7. The number of ether oxygens (including phenoxy) is 1. The molecule has 1 fully saturated rings. The quantitative estimate of drug-likeness (QED) is 0.563. The topological polar surface area (TPSA) is 76.3 Å². The summed E-state index contributed by atoms with van der Waals surface area (Å²) in [5, 5.41) is 0. The average Bonchev–Trinajstić information content (AvgIpc) is 3.21. The molecule has 0 radical (unpaired) electrons. The molecule has 18 heavy (non-hydrogen) atoms. The largest absolute Gasteiger partial charge is 0.490 e. The minimum atomic E-state index is 0.527. The van der Waals surface area contributed by atoms with Gasteiger partial charge < -0.3 is 15.1 Å². The maximum atomic E-state index is 5.44. The molecule has 1 saturated carbocycles. The van der Waals surface area contributed by atoms with Crippen LogP contribution in [-0.2, 0) is 0 Å². The molecule has 0 saturated heterocycles. The Morgan fingerprint density at radius 3 is 2.83 bits per heavy atom. The number of hydrazine groups is 1. The van der Waals surface area contributed by atoms with Crippen molar-refractivity contribution in [2.75, 3.05) is 30.5 Å². The van der Waals surface area contributed by atoms with Crippen LogP contribution in [0.5, 0.6) is 5.75 Å². The molecule has 1 aliphatic carbocycles. The van der Waals surface area contributed by atoms with Crippen LogP contribution >= 0.6 is 0 Å². The van der Waals surface area contributed by atoms with Crippen molar-refractivity contribution in [3.63, 3.8) is 0 Å². The third kappa shape index (κ3) is 2.81. The van der Waals surface area contributed by atoms with Crippen molar-refractivity contribution in [3.05, 3.63) is 6.33 Å². The highest BCUT2D eigenvalue weighted by molar-refractivity contribution is 5.64. The van der Waals surface area contributed by atoms with Crippen LogP contribution < -0.4 is 20.9 Å². The van der Waals surface area contributed by atoms with E-state index in [0.717, 1.165) is 31.2 Å². The van der Waals surface area contributed by atoms with E-state index in [1.165, 1.54) is 19.2 Å². The number of hydrogen-bond acceptors (Lipinski definition) is 6. The van der Waals surface area contributed by atoms with E-state index in [2.05, 4.69) is 27.2 Å². The molecule has 1 aromatic rings. The number of aromatic nitrogens is 2. The first-order valence-electron chi connectivity index (χ1n) is 6.40. The second kappa shape index (κ2) is 5.86. The highest BCUT2D eigenvalue weighted by Gasteiger charge is 2.26. The van der Waals surface area contributed by atoms with Crippen LogP contribution in [0.15, 0.2) is 6.33 Å². The van der Waals surface area contributed by atoms with Gasteiger partial charge in [-0.1, -0.05) is 6.92 Å². The summed E-state index contributed by atoms with van der Waals surface area (Å²) in [5.41, 5.74) is 2.55. The fourth-order valence-electron chi connectivity index (χ4n) is 2.05. The summed E-state index contributed by atoms with van der Waals surface area (Å²) in [6.45, 7) is 4.16. The molecule has 1 aliphatic rings. The molecule has 0 aromatic carbocycles. The zero-order chi connectivity index (χ0) is 13.0. The molecule has 6 nitrogen and oxygen atoms in total. The van der Waals surface area contributed by atoms with Gasteiger partial charge in [0.25, 0.3) is 0 Å². The van der Waals surface area contributed by atoms with Crippen LogP contribution in [0.3, 0.4) is 0 Å². The molecule has 0 amide bonds. The first-order chi connectivity index (χ1) is 8.80. The molecule has 6 heteroatoms. The monoisotopic (exact) mass is 251 g/mol. The van der Waals surface area contributed by atoms with Gasteiger partial charge in [0.05, 0.1) is 7.11 Å². The van der Waals surface area contributed by atoms with E-state index in [1.54, 1.807) is 7.11 Å². The van der Waals surface area contributed by atoms with E-state index in [1.807, 2.05) is 0 Å². The molecule has 0 aliphatic heterocycles. The van der Waals surface area contributed by atoms with Crippen molar-refractivity contribution in [1.29, 1.82) is 0 Å². The number of nitrogens with two attached hydrogens (primary N) is 1. The fraction of sp³-hybridized carbons (Fsp3) is 0.667. The van der Waals surface area contributed by atoms with Gasteiger partial charge in [0.1, 0.15) is 6.33 Å². The second-order valence-corrected chi connectivity index (χ2v) is 4.61. The summed E-state index contributed by atoms with van der Waals surface area (Å²) in [5.74, 6) is 8.22. The highest BCUT2D eigenvalue weighted by Crippen LogP contribution is 2.35. The summed E-state index contributed by atoms with van der Waals surface area (Å²) < 4.78 is 5.39. The van der Waals surface area contributed by atoms with E-state index in [-0.39, 0.29) is 0 Å². The Balaban J connectivity index is 2.26. The number of methoxy groups -OCH3 is 1. The van der Waals surface area contributed by atoms with Crippen molar-refractivity contribution in [2.45, 2.75) is 26.2 Å². The first kappa shape index (κ1) is 12.9. The van der Waals surface area contributed by atoms with E-state index in [0.29, 0.717) is 11.6 Å². The Bertz CT molecular complexity index is 394. The molecule has 0 unspecified atom stereocenters. The minimum Gasteiger partial charge on any atom is -0.490 e. The summed E-state index contributed by atoms with van der Waals surface area (Å²) >= 11 is 0. The lowest BCUT2D eigenvalue weighted by atomic mass is 10.3. The third-order valence-corrected chi connectivity index (χ3v) is 3.09. The van der Waals surface area contributed by atoms with Gasteiger partial charge >= 0.3 is 0 Å². The smallest absolute Gasteiger partial charge is 0.205 e. The van der Waals surface area contributed by atoms with Crippen LogP contribution in [0.4, 0.5) is 11.6 Å². The van der Waals surface area contributed by atoms with Gasteiger partial charge in [0.15, 0.2) is 11.6 Å². The number of nitrogens with zero attached hydrogens (tertiary/aromatic N) is 3. The standard InChI is InChI=1S/C12H21N5O/c1-3-6-17(7-9-4-5-9)12-10(18-2)11(16-13)14-8-15-12/h8-9H,3-7,13H2,1-2H3,(H,14,15,16). The van der Waals surface area contributed by atoms with Gasteiger partial charge in [0, 0.05) is 13.1 Å². The Kier molecular flexibility index (Phi) is 4.19. The number of rotatable bonds is 7. The zero-order valence-corrected chi connectivity index (χ0v) is 11.0. The molecule has 1 heterocycles. The van der Waals surface area contributed by atoms with Gasteiger partial charge in [-0.15, -0.1) is 0 Å². The van der Waals surface area contributed by atoms with Crippen LogP contribution in [-0.4, -0.2) is 30.2 Å². The van der Waals surface area contributed by atoms with Gasteiger partial charge in [-0.3, -0.25) is 0 Å². The molecular formula is C12H21N5O. The number of anilines is 2. The summed E-state index contributed by atoms with van der Waals surface area (Å²) in [6, 6.07) is 0. The lowest BCUT2D eigenvalue weighted by Gasteiger charge is -2.25. The predicted octanol–water partition coefficient (Wildman–Crippen LogP) is 1.40. The van der Waals surface area contributed by atoms with Crippen molar-refractivity contribution in [2.24, 2.45) is 11.8 Å². The average molecular weight is 251 g/mol. The molecule has 100 valence electrons. The molecule has 2 rings (SSSR count). The van der Waals surface area contributed by atoms with Gasteiger partial charge in [-0.25, -0.2) is 15.8 Å². The number of hydrogen-bond donors (Lipinski definition) is 2. The Morgan fingerprint density at radius 2 is 2.28 bits per heavy atom. The zero-order valence-electron chi connectivity index (χ0n) is 11.0. The van der Waals surface area contributed by atoms with Crippen molar-refractivity contribution in [1.82, 2.24) is 9.97 Å². The van der Waals surface area contributed by atoms with Crippen molar-refractivity contribution < 1.29 is 4.74 Å². The molecular weight excluding hydrogens is 230 g/mol. The van der Waals surface area contributed by atoms with Gasteiger partial charge in [0.2, 0.25) is 5.75 Å². The Labute approximate surface area is 108 Å². The lowest BCUT2D eigenvalue weighted by Crippen LogP contribution is -2.28. The summed E-state index contributed by atoms with van der Waals surface area (Å²) in [7, 11) is 1.62. The van der Waals surface area contributed by atoms with Crippen LogP contribution in [0.2, 0.25) is 0 Å². The number of nitrogen functional groups attached to an aromatic ring is 1. The maximum absolute atomic E-state index is 5.44. The van der Waals surface area contributed by atoms with Crippen molar-refractivity contribution in [3.8, 4) is 5.75 Å². The normalized spacial score (nSPS) is 14.4. The van der Waals surface area contributed by atoms with E-state index >= 15 is 0 Å². The molecule has 0 atom stereocenters. The van der Waals surface area contributed by atoms with Gasteiger partial charge in [-0.2, -0.15) is 0 Å². The van der Waals surface area contributed by atoms with E-state index < -0.39 is 0 Å².